The number of rotatable bonds is 6. The first-order valence-electron chi connectivity index (χ1n) is 13.0. The standard InChI is InChI=1S/C31H33FN2O4/c1-18-26(28(30(35)36)38-31(3,4)5)27(22-10-13-25-21(17-22)7-6-16-37-25)24-14-15-34(29(24)33-18)19(2)20-8-11-23(32)12-9-20/h8-15,17,19,28H,6-7,16H2,1-5H3,(H,35,36). The predicted molar refractivity (Wildman–Crippen MR) is 145 cm³/mol. The summed E-state index contributed by atoms with van der Waals surface area (Å²) >= 11 is 0. The van der Waals surface area contributed by atoms with Crippen LogP contribution in [0.25, 0.3) is 22.2 Å². The Bertz CT molecular complexity index is 1500. The third-order valence-electron chi connectivity index (χ3n) is 7.01. The predicted octanol–water partition coefficient (Wildman–Crippen LogP) is 7.03. The largest absolute Gasteiger partial charge is 0.493 e. The third-order valence-corrected chi connectivity index (χ3v) is 7.01. The Labute approximate surface area is 222 Å². The molecule has 0 spiro atoms. The van der Waals surface area contributed by atoms with Gasteiger partial charge in [0.1, 0.15) is 17.2 Å². The molecule has 5 rings (SSSR count). The number of halogens is 1. The van der Waals surface area contributed by atoms with Crippen molar-refractivity contribution in [3.05, 3.63) is 82.9 Å². The molecule has 0 saturated heterocycles. The van der Waals surface area contributed by atoms with Gasteiger partial charge in [0.25, 0.3) is 0 Å². The second kappa shape index (κ2) is 9.87. The van der Waals surface area contributed by atoms with Crippen LogP contribution >= 0.6 is 0 Å². The number of carboxylic acid groups (broad SMARTS) is 1. The molecule has 0 radical (unpaired) electrons. The number of hydrogen-bond donors (Lipinski definition) is 1. The normalized spacial score (nSPS) is 15.1. The highest BCUT2D eigenvalue weighted by Gasteiger charge is 2.33. The highest BCUT2D eigenvalue weighted by atomic mass is 19.1. The van der Waals surface area contributed by atoms with E-state index < -0.39 is 17.7 Å². The summed E-state index contributed by atoms with van der Waals surface area (Å²) in [5.74, 6) is -0.480. The molecule has 198 valence electrons. The van der Waals surface area contributed by atoms with E-state index in [4.69, 9.17) is 14.5 Å². The van der Waals surface area contributed by atoms with Gasteiger partial charge in [-0.25, -0.2) is 14.2 Å². The molecular weight excluding hydrogens is 483 g/mol. The number of fused-ring (bicyclic) bond motifs is 2. The fourth-order valence-corrected chi connectivity index (χ4v) is 5.25. The minimum absolute atomic E-state index is 0.114. The molecule has 2 unspecified atom stereocenters. The summed E-state index contributed by atoms with van der Waals surface area (Å²) in [4.78, 5) is 17.5. The summed E-state index contributed by atoms with van der Waals surface area (Å²) in [6.07, 6.45) is 2.59. The van der Waals surface area contributed by atoms with Crippen LogP contribution in [0.1, 0.15) is 68.6 Å². The molecule has 0 bridgehead atoms. The number of hydrogen-bond acceptors (Lipinski definition) is 4. The number of carbonyl (C=O) groups is 1. The van der Waals surface area contributed by atoms with Crippen LogP contribution in [0.2, 0.25) is 0 Å². The Kier molecular flexibility index (Phi) is 6.73. The fourth-order valence-electron chi connectivity index (χ4n) is 5.25. The molecular formula is C31H33FN2O4. The molecule has 0 fully saturated rings. The van der Waals surface area contributed by atoms with E-state index in [0.717, 1.165) is 51.9 Å². The molecule has 6 nitrogen and oxygen atoms in total. The van der Waals surface area contributed by atoms with Gasteiger partial charge < -0.3 is 19.1 Å². The Morgan fingerprint density at radius 2 is 1.89 bits per heavy atom. The van der Waals surface area contributed by atoms with E-state index in [1.807, 2.05) is 63.6 Å². The maximum Gasteiger partial charge on any atom is 0.337 e. The van der Waals surface area contributed by atoms with E-state index in [-0.39, 0.29) is 11.9 Å². The number of nitrogens with zero attached hydrogens (tertiary/aromatic N) is 2. The van der Waals surface area contributed by atoms with Gasteiger partial charge >= 0.3 is 5.97 Å². The number of aromatic nitrogens is 2. The second-order valence-electron chi connectivity index (χ2n) is 10.9. The third kappa shape index (κ3) is 4.90. The number of aliphatic carboxylic acids is 1. The lowest BCUT2D eigenvalue weighted by molar-refractivity contribution is -0.160. The zero-order valence-corrected chi connectivity index (χ0v) is 22.4. The van der Waals surface area contributed by atoms with Crippen molar-refractivity contribution in [3.63, 3.8) is 0 Å². The molecule has 1 aliphatic heterocycles. The molecule has 0 aliphatic carbocycles. The van der Waals surface area contributed by atoms with Crippen molar-refractivity contribution in [2.75, 3.05) is 6.61 Å². The van der Waals surface area contributed by atoms with E-state index in [9.17, 15) is 14.3 Å². The van der Waals surface area contributed by atoms with Crippen molar-refractivity contribution in [2.24, 2.45) is 0 Å². The smallest absolute Gasteiger partial charge is 0.337 e. The minimum atomic E-state index is -1.20. The summed E-state index contributed by atoms with van der Waals surface area (Å²) in [5, 5.41) is 11.1. The van der Waals surface area contributed by atoms with E-state index in [2.05, 4.69) is 6.07 Å². The molecule has 2 aromatic carbocycles. The summed E-state index contributed by atoms with van der Waals surface area (Å²) in [6, 6.07) is 14.4. The van der Waals surface area contributed by atoms with Crippen LogP contribution in [0.5, 0.6) is 5.75 Å². The van der Waals surface area contributed by atoms with Gasteiger partial charge in [0, 0.05) is 28.4 Å². The molecule has 7 heteroatoms. The molecule has 3 heterocycles. The van der Waals surface area contributed by atoms with Crippen LogP contribution in [0.3, 0.4) is 0 Å². The van der Waals surface area contributed by atoms with E-state index in [0.29, 0.717) is 17.9 Å². The van der Waals surface area contributed by atoms with Gasteiger partial charge in [-0.15, -0.1) is 0 Å². The Balaban J connectivity index is 1.76. The quantitative estimate of drug-likeness (QED) is 0.298. The van der Waals surface area contributed by atoms with Gasteiger partial charge in [0.15, 0.2) is 6.10 Å². The lowest BCUT2D eigenvalue weighted by Crippen LogP contribution is -2.28. The molecule has 2 atom stereocenters. The van der Waals surface area contributed by atoms with Crippen molar-refractivity contribution in [3.8, 4) is 16.9 Å². The Hall–Kier alpha value is -3.71. The van der Waals surface area contributed by atoms with Gasteiger partial charge in [-0.2, -0.15) is 0 Å². The Morgan fingerprint density at radius 1 is 1.16 bits per heavy atom. The molecule has 2 aromatic heterocycles. The van der Waals surface area contributed by atoms with Gasteiger partial charge in [-0.1, -0.05) is 18.2 Å². The molecule has 4 aromatic rings. The molecule has 0 saturated carbocycles. The number of ether oxygens (including phenoxy) is 2. The van der Waals surface area contributed by atoms with Gasteiger partial charge in [0.2, 0.25) is 0 Å². The number of carboxylic acids is 1. The monoisotopic (exact) mass is 516 g/mol. The van der Waals surface area contributed by atoms with E-state index in [1.165, 1.54) is 12.1 Å². The lowest BCUT2D eigenvalue weighted by Gasteiger charge is -2.28. The minimum Gasteiger partial charge on any atom is -0.493 e. The number of pyridine rings is 1. The lowest BCUT2D eigenvalue weighted by atomic mass is 9.90. The van der Waals surface area contributed by atoms with Gasteiger partial charge in [0.05, 0.1) is 18.2 Å². The van der Waals surface area contributed by atoms with Crippen LogP contribution in [-0.4, -0.2) is 32.8 Å². The highest BCUT2D eigenvalue weighted by molar-refractivity contribution is 5.98. The van der Waals surface area contributed by atoms with Crippen molar-refractivity contribution in [1.29, 1.82) is 0 Å². The molecule has 0 amide bonds. The molecule has 1 aliphatic rings. The van der Waals surface area contributed by atoms with Crippen molar-refractivity contribution < 1.29 is 23.8 Å². The summed E-state index contributed by atoms with van der Waals surface area (Å²) in [6.45, 7) is 10.1. The first kappa shape index (κ1) is 25.9. The Morgan fingerprint density at radius 3 is 2.58 bits per heavy atom. The first-order chi connectivity index (χ1) is 18.0. The van der Waals surface area contributed by atoms with Crippen LogP contribution in [0, 0.1) is 12.7 Å². The zero-order chi connectivity index (χ0) is 27.2. The SMILES string of the molecule is Cc1nc2c(ccn2C(C)c2ccc(F)cc2)c(-c2ccc3c(c2)CCCO3)c1C(OC(C)(C)C)C(=O)O. The van der Waals surface area contributed by atoms with E-state index >= 15 is 0 Å². The highest BCUT2D eigenvalue weighted by Crippen LogP contribution is 2.42. The van der Waals surface area contributed by atoms with Crippen LogP contribution in [-0.2, 0) is 16.0 Å². The van der Waals surface area contributed by atoms with E-state index in [1.54, 1.807) is 12.1 Å². The molecule has 1 N–H and O–H groups in total. The van der Waals surface area contributed by atoms with Crippen molar-refractivity contribution >= 4 is 17.0 Å². The number of benzene rings is 2. The van der Waals surface area contributed by atoms with Gasteiger partial charge in [-0.3, -0.25) is 0 Å². The van der Waals surface area contributed by atoms with Crippen LogP contribution in [0.15, 0.2) is 54.7 Å². The zero-order valence-electron chi connectivity index (χ0n) is 22.4. The van der Waals surface area contributed by atoms with Crippen molar-refractivity contribution in [2.45, 2.75) is 65.2 Å². The summed E-state index contributed by atoms with van der Waals surface area (Å²) in [7, 11) is 0. The average Bonchev–Trinajstić information content (AvgIpc) is 3.29. The average molecular weight is 517 g/mol. The molecule has 38 heavy (non-hydrogen) atoms. The number of aryl methyl sites for hydroxylation is 2. The topological polar surface area (TPSA) is 73.6 Å². The summed E-state index contributed by atoms with van der Waals surface area (Å²) < 4.78 is 27.6. The fraction of sp³-hybridized carbons (Fsp3) is 0.355. The van der Waals surface area contributed by atoms with Gasteiger partial charge in [-0.05, 0) is 94.5 Å². The van der Waals surface area contributed by atoms with Crippen molar-refractivity contribution in [1.82, 2.24) is 9.55 Å². The van der Waals surface area contributed by atoms with Crippen LogP contribution in [0.4, 0.5) is 4.39 Å². The van der Waals surface area contributed by atoms with Crippen LogP contribution < -0.4 is 4.74 Å². The first-order valence-corrected chi connectivity index (χ1v) is 13.0. The maximum absolute atomic E-state index is 13.6. The maximum atomic E-state index is 13.6. The second-order valence-corrected chi connectivity index (χ2v) is 10.9. The summed E-state index contributed by atoms with van der Waals surface area (Å²) in [5.41, 5.74) is 4.91.